The Kier molecular flexibility index (Phi) is 3.35. The van der Waals surface area contributed by atoms with E-state index < -0.39 is 24.7 Å². The first-order valence-corrected chi connectivity index (χ1v) is 4.18. The number of aliphatic imine (C=N–C) groups is 1. The van der Waals surface area contributed by atoms with Gasteiger partial charge in [-0.05, 0) is 6.92 Å². The molecule has 1 amide bonds. The molecule has 15 heavy (non-hydrogen) atoms. The van der Waals surface area contributed by atoms with E-state index in [1.54, 1.807) is 0 Å². The van der Waals surface area contributed by atoms with Crippen LogP contribution in [0.15, 0.2) is 17.4 Å². The summed E-state index contributed by atoms with van der Waals surface area (Å²) < 4.78 is 28.8. The second-order valence-corrected chi connectivity index (χ2v) is 3.04. The number of carbonyl (C=O) groups is 1. The van der Waals surface area contributed by atoms with Gasteiger partial charge in [0.2, 0.25) is 0 Å². The second-order valence-electron chi connectivity index (χ2n) is 3.04. The van der Waals surface area contributed by atoms with Crippen molar-refractivity contribution >= 4 is 11.6 Å². The Morgan fingerprint density at radius 1 is 1.80 bits per heavy atom. The molecule has 1 atom stereocenters. The number of rotatable bonds is 4. The van der Waals surface area contributed by atoms with E-state index in [1.165, 1.54) is 19.3 Å². The van der Waals surface area contributed by atoms with Crippen molar-refractivity contribution in [1.29, 1.82) is 0 Å². The highest BCUT2D eigenvalue weighted by Gasteiger charge is 2.36. The van der Waals surface area contributed by atoms with Gasteiger partial charge < -0.3 is 15.8 Å². The Hall–Kier alpha value is -1.50. The van der Waals surface area contributed by atoms with Crippen molar-refractivity contribution in [1.82, 2.24) is 5.32 Å². The monoisotopic (exact) mass is 219 g/mol. The van der Waals surface area contributed by atoms with E-state index in [2.05, 4.69) is 10.3 Å². The minimum Gasteiger partial charge on any atom is -0.364 e. The van der Waals surface area contributed by atoms with Gasteiger partial charge in [0.05, 0.1) is 0 Å². The molecule has 84 valence electrons. The predicted octanol–water partition coefficient (Wildman–Crippen LogP) is -0.0150. The fourth-order valence-corrected chi connectivity index (χ4v) is 1.14. The summed E-state index contributed by atoms with van der Waals surface area (Å²) in [6.07, 6.45) is 0.0644. The topological polar surface area (TPSA) is 76.7 Å². The van der Waals surface area contributed by atoms with Crippen LogP contribution in [0.5, 0.6) is 0 Å². The molecular weight excluding hydrogens is 208 g/mol. The molecule has 0 aromatic heterocycles. The minimum absolute atomic E-state index is 0.134. The van der Waals surface area contributed by atoms with Gasteiger partial charge in [-0.2, -0.15) is 0 Å². The van der Waals surface area contributed by atoms with Gasteiger partial charge in [-0.25, -0.2) is 13.8 Å². The summed E-state index contributed by atoms with van der Waals surface area (Å²) >= 11 is 0. The number of ether oxygens (including phenoxy) is 1. The SMILES string of the molecule is CC1(OCC(F)F)NC=CN=C1C(N)=O. The molecule has 3 N–H and O–H groups in total. The van der Waals surface area contributed by atoms with E-state index in [9.17, 15) is 13.6 Å². The van der Waals surface area contributed by atoms with Crippen LogP contribution in [0, 0.1) is 0 Å². The van der Waals surface area contributed by atoms with Crippen LogP contribution >= 0.6 is 0 Å². The molecule has 0 saturated carbocycles. The molecule has 1 rings (SSSR count). The van der Waals surface area contributed by atoms with E-state index in [-0.39, 0.29) is 5.71 Å². The quantitative estimate of drug-likeness (QED) is 0.697. The van der Waals surface area contributed by atoms with Gasteiger partial charge in [0.1, 0.15) is 6.61 Å². The first kappa shape index (κ1) is 11.6. The molecule has 7 heteroatoms. The molecule has 1 heterocycles. The number of halogens is 2. The largest absolute Gasteiger partial charge is 0.364 e. The maximum Gasteiger partial charge on any atom is 0.268 e. The van der Waals surface area contributed by atoms with E-state index in [0.29, 0.717) is 0 Å². The van der Waals surface area contributed by atoms with Crippen LogP contribution in [-0.2, 0) is 9.53 Å². The zero-order chi connectivity index (χ0) is 11.5. The summed E-state index contributed by atoms with van der Waals surface area (Å²) in [7, 11) is 0. The van der Waals surface area contributed by atoms with Crippen LogP contribution < -0.4 is 11.1 Å². The van der Waals surface area contributed by atoms with Gasteiger partial charge in [0.25, 0.3) is 12.3 Å². The third-order valence-electron chi connectivity index (χ3n) is 1.82. The van der Waals surface area contributed by atoms with Gasteiger partial charge in [-0.3, -0.25) is 4.79 Å². The Labute approximate surface area is 85.0 Å². The Morgan fingerprint density at radius 3 is 3.00 bits per heavy atom. The summed E-state index contributed by atoms with van der Waals surface area (Å²) in [5, 5.41) is 2.61. The number of carbonyl (C=O) groups excluding carboxylic acids is 1. The van der Waals surface area contributed by atoms with Crippen molar-refractivity contribution in [3.63, 3.8) is 0 Å². The number of amides is 1. The van der Waals surface area contributed by atoms with Crippen LogP contribution in [0.3, 0.4) is 0 Å². The van der Waals surface area contributed by atoms with Gasteiger partial charge >= 0.3 is 0 Å². The van der Waals surface area contributed by atoms with Crippen LogP contribution in [0.2, 0.25) is 0 Å². The Balaban J connectivity index is 2.77. The lowest BCUT2D eigenvalue weighted by atomic mass is 10.1. The minimum atomic E-state index is -2.62. The first-order valence-electron chi connectivity index (χ1n) is 4.18. The third-order valence-corrected chi connectivity index (χ3v) is 1.82. The van der Waals surface area contributed by atoms with Crippen molar-refractivity contribution in [2.45, 2.75) is 19.1 Å². The van der Waals surface area contributed by atoms with Gasteiger partial charge in [0.15, 0.2) is 11.4 Å². The highest BCUT2D eigenvalue weighted by molar-refractivity contribution is 6.41. The van der Waals surface area contributed by atoms with Crippen LogP contribution in [0.25, 0.3) is 0 Å². The number of nitrogens with zero attached hydrogens (tertiary/aromatic N) is 1. The zero-order valence-corrected chi connectivity index (χ0v) is 8.04. The zero-order valence-electron chi connectivity index (χ0n) is 8.04. The Morgan fingerprint density at radius 2 is 2.47 bits per heavy atom. The highest BCUT2D eigenvalue weighted by Crippen LogP contribution is 2.14. The van der Waals surface area contributed by atoms with Crippen molar-refractivity contribution in [2.24, 2.45) is 10.7 Å². The molecule has 5 nitrogen and oxygen atoms in total. The fraction of sp³-hybridized carbons (Fsp3) is 0.500. The van der Waals surface area contributed by atoms with Crippen molar-refractivity contribution in [3.8, 4) is 0 Å². The maximum absolute atomic E-state index is 12.0. The molecule has 0 radical (unpaired) electrons. The standard InChI is InChI=1S/C8H11F2N3O2/c1-8(15-4-5(9)10)6(7(11)14)12-2-3-13-8/h2-3,5,13H,4H2,1H3,(H2,11,14). The van der Waals surface area contributed by atoms with E-state index in [4.69, 9.17) is 10.5 Å². The van der Waals surface area contributed by atoms with Crippen LogP contribution in [0.4, 0.5) is 8.78 Å². The number of hydrogen-bond acceptors (Lipinski definition) is 4. The van der Waals surface area contributed by atoms with Gasteiger partial charge in [-0.15, -0.1) is 0 Å². The summed E-state index contributed by atoms with van der Waals surface area (Å²) in [4.78, 5) is 14.7. The number of hydrogen-bond donors (Lipinski definition) is 2. The molecule has 0 fully saturated rings. The van der Waals surface area contributed by atoms with Crippen molar-refractivity contribution in [3.05, 3.63) is 12.4 Å². The lowest BCUT2D eigenvalue weighted by Gasteiger charge is -2.31. The van der Waals surface area contributed by atoms with E-state index in [0.717, 1.165) is 0 Å². The predicted molar refractivity (Wildman–Crippen MR) is 49.3 cm³/mol. The first-order chi connectivity index (χ1) is 6.96. The summed E-state index contributed by atoms with van der Waals surface area (Å²) in [5.41, 5.74) is 3.51. The molecule has 0 saturated heterocycles. The lowest BCUT2D eigenvalue weighted by molar-refractivity contribution is -0.114. The van der Waals surface area contributed by atoms with E-state index >= 15 is 0 Å². The summed E-state index contributed by atoms with van der Waals surface area (Å²) in [5.74, 6) is -0.816. The maximum atomic E-state index is 12.0. The molecule has 0 spiro atoms. The van der Waals surface area contributed by atoms with Gasteiger partial charge in [-0.1, -0.05) is 0 Å². The smallest absolute Gasteiger partial charge is 0.268 e. The molecule has 1 aliphatic rings. The number of alkyl halides is 2. The number of nitrogens with two attached hydrogens (primary N) is 1. The molecular formula is C8H11F2N3O2. The molecule has 0 aromatic rings. The van der Waals surface area contributed by atoms with Crippen LogP contribution in [0.1, 0.15) is 6.92 Å². The van der Waals surface area contributed by atoms with Crippen molar-refractivity contribution in [2.75, 3.05) is 6.61 Å². The molecule has 0 aromatic carbocycles. The van der Waals surface area contributed by atoms with Gasteiger partial charge in [0, 0.05) is 12.4 Å². The highest BCUT2D eigenvalue weighted by atomic mass is 19.3. The Bertz CT molecular complexity index is 317. The average molecular weight is 219 g/mol. The summed E-state index contributed by atoms with van der Waals surface area (Å²) in [6.45, 7) is 0.603. The summed E-state index contributed by atoms with van der Waals surface area (Å²) in [6, 6.07) is 0. The second kappa shape index (κ2) is 4.35. The van der Waals surface area contributed by atoms with Crippen LogP contribution in [-0.4, -0.2) is 30.4 Å². The number of nitrogens with one attached hydrogen (secondary N) is 1. The molecule has 0 bridgehead atoms. The normalized spacial score (nSPS) is 24.9. The van der Waals surface area contributed by atoms with E-state index in [1.807, 2.05) is 0 Å². The molecule has 0 aliphatic carbocycles. The molecule has 1 aliphatic heterocycles. The van der Waals surface area contributed by atoms with Crippen molar-refractivity contribution < 1.29 is 18.3 Å². The molecule has 1 unspecified atom stereocenters. The lowest BCUT2D eigenvalue weighted by Crippen LogP contribution is -2.55. The average Bonchev–Trinajstić information content (AvgIpc) is 2.15. The number of primary amides is 1. The fourth-order valence-electron chi connectivity index (χ4n) is 1.14. The third kappa shape index (κ3) is 2.72.